The van der Waals surface area contributed by atoms with Crippen molar-refractivity contribution in [3.05, 3.63) is 78.0 Å². The molecule has 134 valence electrons. The summed E-state index contributed by atoms with van der Waals surface area (Å²) in [5, 5.41) is 6.50. The van der Waals surface area contributed by atoms with Gasteiger partial charge in [0, 0.05) is 27.7 Å². The number of amides is 1. The molecule has 0 aliphatic carbocycles. The highest BCUT2D eigenvalue weighted by Crippen LogP contribution is 2.23. The number of H-pyrrole nitrogens is 1. The number of aromatic amines is 1. The van der Waals surface area contributed by atoms with E-state index in [9.17, 15) is 4.79 Å². The quantitative estimate of drug-likeness (QED) is 0.313. The minimum Gasteiger partial charge on any atom is -0.358 e. The number of aryl methyl sites for hydroxylation is 1. The number of carbonyl (C=O) groups excluding carboxylic acids is 1. The minimum atomic E-state index is -0.244. The third kappa shape index (κ3) is 3.35. The lowest BCUT2D eigenvalue weighted by molar-refractivity contribution is 0.0945. The molecule has 0 aliphatic rings. The van der Waals surface area contributed by atoms with Gasteiger partial charge in [0.15, 0.2) is 5.11 Å². The molecular formula is C21H18N4OS. The largest absolute Gasteiger partial charge is 0.358 e. The van der Waals surface area contributed by atoms with E-state index in [1.807, 2.05) is 73.7 Å². The molecule has 4 aromatic rings. The van der Waals surface area contributed by atoms with E-state index in [4.69, 9.17) is 12.2 Å². The van der Waals surface area contributed by atoms with E-state index >= 15 is 0 Å². The van der Waals surface area contributed by atoms with Crippen molar-refractivity contribution >= 4 is 50.6 Å². The van der Waals surface area contributed by atoms with Crippen LogP contribution in [0.1, 0.15) is 16.1 Å². The Labute approximate surface area is 161 Å². The van der Waals surface area contributed by atoms with Crippen molar-refractivity contribution in [1.29, 1.82) is 0 Å². The van der Waals surface area contributed by atoms with Gasteiger partial charge in [0.05, 0.1) is 5.56 Å². The normalized spacial score (nSPS) is 10.7. The van der Waals surface area contributed by atoms with Gasteiger partial charge in [-0.2, -0.15) is 0 Å². The van der Waals surface area contributed by atoms with E-state index in [2.05, 4.69) is 21.2 Å². The number of rotatable bonds is 2. The van der Waals surface area contributed by atoms with Crippen LogP contribution in [0.15, 0.2) is 66.7 Å². The van der Waals surface area contributed by atoms with E-state index in [-0.39, 0.29) is 5.91 Å². The summed E-state index contributed by atoms with van der Waals surface area (Å²) in [6.45, 7) is 1.88. The molecule has 6 heteroatoms. The zero-order valence-electron chi connectivity index (χ0n) is 14.7. The van der Waals surface area contributed by atoms with E-state index in [0.717, 1.165) is 33.1 Å². The van der Waals surface area contributed by atoms with Crippen LogP contribution in [0.2, 0.25) is 0 Å². The van der Waals surface area contributed by atoms with Gasteiger partial charge in [-0.25, -0.2) is 0 Å². The second-order valence-corrected chi connectivity index (χ2v) is 6.64. The zero-order valence-corrected chi connectivity index (χ0v) is 15.5. The van der Waals surface area contributed by atoms with Gasteiger partial charge in [-0.05, 0) is 36.7 Å². The molecule has 0 saturated heterocycles. The molecule has 1 amide bonds. The summed E-state index contributed by atoms with van der Waals surface area (Å²) in [6.07, 6.45) is 0. The molecular weight excluding hydrogens is 356 g/mol. The average Bonchev–Trinajstić information content (AvgIpc) is 3.02. The summed E-state index contributed by atoms with van der Waals surface area (Å²) in [5.74, 6) is -0.244. The molecule has 0 spiro atoms. The predicted molar refractivity (Wildman–Crippen MR) is 114 cm³/mol. The van der Waals surface area contributed by atoms with Gasteiger partial charge in [-0.15, -0.1) is 0 Å². The molecule has 3 aromatic carbocycles. The van der Waals surface area contributed by atoms with Crippen molar-refractivity contribution in [2.24, 2.45) is 0 Å². The highest BCUT2D eigenvalue weighted by molar-refractivity contribution is 7.80. The lowest BCUT2D eigenvalue weighted by Gasteiger charge is -2.13. The smallest absolute Gasteiger partial charge is 0.272 e. The van der Waals surface area contributed by atoms with Gasteiger partial charge < -0.3 is 10.3 Å². The molecule has 27 heavy (non-hydrogen) atoms. The molecule has 4 rings (SSSR count). The summed E-state index contributed by atoms with van der Waals surface area (Å²) < 4.78 is 0. The average molecular weight is 374 g/mol. The zero-order chi connectivity index (χ0) is 18.8. The summed E-state index contributed by atoms with van der Waals surface area (Å²) in [5.41, 5.74) is 8.67. The SMILES string of the molecule is Cc1[nH]c2ccccc2c1C(=O)NNC(=S)Nc1cccc2ccccc12. The van der Waals surface area contributed by atoms with Crippen LogP contribution < -0.4 is 16.2 Å². The van der Waals surface area contributed by atoms with Crippen molar-refractivity contribution in [2.75, 3.05) is 5.32 Å². The Bertz CT molecular complexity index is 1160. The first-order chi connectivity index (χ1) is 13.1. The van der Waals surface area contributed by atoms with Crippen molar-refractivity contribution in [3.8, 4) is 0 Å². The van der Waals surface area contributed by atoms with Crippen molar-refractivity contribution in [1.82, 2.24) is 15.8 Å². The first-order valence-electron chi connectivity index (χ1n) is 8.56. The van der Waals surface area contributed by atoms with Gasteiger partial charge in [0.2, 0.25) is 0 Å². The highest BCUT2D eigenvalue weighted by Gasteiger charge is 2.15. The van der Waals surface area contributed by atoms with Crippen LogP contribution in [-0.2, 0) is 0 Å². The standard InChI is InChI=1S/C21H18N4OS/c1-13-19(16-10-4-5-11-18(16)22-13)20(26)24-25-21(27)23-17-12-6-8-14-7-2-3-9-15(14)17/h2-12,22H,1H3,(H,24,26)(H2,23,25,27). The number of hydrogen-bond donors (Lipinski definition) is 4. The Balaban J connectivity index is 1.47. The van der Waals surface area contributed by atoms with E-state index in [1.54, 1.807) is 0 Å². The Hall–Kier alpha value is -3.38. The molecule has 4 N–H and O–H groups in total. The maximum atomic E-state index is 12.6. The van der Waals surface area contributed by atoms with Crippen LogP contribution in [-0.4, -0.2) is 16.0 Å². The number of aromatic nitrogens is 1. The fourth-order valence-corrected chi connectivity index (χ4v) is 3.39. The maximum absolute atomic E-state index is 12.6. The number of para-hydroxylation sites is 1. The number of thiocarbonyl (C=S) groups is 1. The molecule has 0 radical (unpaired) electrons. The first kappa shape index (κ1) is 17.1. The first-order valence-corrected chi connectivity index (χ1v) is 8.97. The van der Waals surface area contributed by atoms with E-state index in [1.165, 1.54) is 0 Å². The van der Waals surface area contributed by atoms with Crippen LogP contribution in [0, 0.1) is 6.92 Å². The van der Waals surface area contributed by atoms with Crippen LogP contribution in [0.4, 0.5) is 5.69 Å². The molecule has 0 saturated carbocycles. The van der Waals surface area contributed by atoms with Crippen molar-refractivity contribution in [3.63, 3.8) is 0 Å². The van der Waals surface area contributed by atoms with Gasteiger partial charge >= 0.3 is 0 Å². The third-order valence-corrected chi connectivity index (χ3v) is 4.65. The van der Waals surface area contributed by atoms with Crippen LogP contribution in [0.3, 0.4) is 0 Å². The molecule has 0 unspecified atom stereocenters. The second kappa shape index (κ2) is 7.09. The lowest BCUT2D eigenvalue weighted by atomic mass is 10.1. The molecule has 0 aliphatic heterocycles. The Kier molecular flexibility index (Phi) is 4.48. The Morgan fingerprint density at radius 2 is 1.59 bits per heavy atom. The number of anilines is 1. The molecule has 1 aromatic heterocycles. The summed E-state index contributed by atoms with van der Waals surface area (Å²) in [4.78, 5) is 15.8. The van der Waals surface area contributed by atoms with E-state index in [0.29, 0.717) is 10.7 Å². The summed E-state index contributed by atoms with van der Waals surface area (Å²) >= 11 is 5.33. The number of hydrazine groups is 1. The van der Waals surface area contributed by atoms with Gasteiger partial charge in [-0.1, -0.05) is 54.6 Å². The highest BCUT2D eigenvalue weighted by atomic mass is 32.1. The number of benzene rings is 3. The molecule has 5 nitrogen and oxygen atoms in total. The van der Waals surface area contributed by atoms with Gasteiger partial charge in [-0.3, -0.25) is 15.6 Å². The maximum Gasteiger partial charge on any atom is 0.272 e. The lowest BCUT2D eigenvalue weighted by Crippen LogP contribution is -2.43. The van der Waals surface area contributed by atoms with Crippen LogP contribution in [0.25, 0.3) is 21.7 Å². The van der Waals surface area contributed by atoms with Crippen molar-refractivity contribution in [2.45, 2.75) is 6.92 Å². The molecule has 0 fully saturated rings. The fourth-order valence-electron chi connectivity index (χ4n) is 3.23. The second-order valence-electron chi connectivity index (χ2n) is 6.23. The number of hydrogen-bond acceptors (Lipinski definition) is 2. The van der Waals surface area contributed by atoms with Gasteiger partial charge in [0.25, 0.3) is 5.91 Å². The van der Waals surface area contributed by atoms with Crippen molar-refractivity contribution < 1.29 is 4.79 Å². The van der Waals surface area contributed by atoms with E-state index < -0.39 is 0 Å². The summed E-state index contributed by atoms with van der Waals surface area (Å²) in [7, 11) is 0. The van der Waals surface area contributed by atoms with Crippen LogP contribution in [0.5, 0.6) is 0 Å². The molecule has 1 heterocycles. The monoisotopic (exact) mass is 374 g/mol. The van der Waals surface area contributed by atoms with Crippen LogP contribution >= 0.6 is 12.2 Å². The summed E-state index contributed by atoms with van der Waals surface area (Å²) in [6, 6.07) is 21.7. The number of fused-ring (bicyclic) bond motifs is 2. The van der Waals surface area contributed by atoms with Gasteiger partial charge in [0.1, 0.15) is 0 Å². The fraction of sp³-hybridized carbons (Fsp3) is 0.0476. The topological polar surface area (TPSA) is 69.0 Å². The Morgan fingerprint density at radius 1 is 0.889 bits per heavy atom. The predicted octanol–water partition coefficient (Wildman–Crippen LogP) is 4.26. The molecule has 0 atom stereocenters. The number of nitrogens with one attached hydrogen (secondary N) is 4. The molecule has 0 bridgehead atoms. The minimum absolute atomic E-state index is 0.244. The third-order valence-electron chi connectivity index (χ3n) is 4.45. The Morgan fingerprint density at radius 3 is 2.44 bits per heavy atom. The number of carbonyl (C=O) groups is 1.